The Morgan fingerprint density at radius 3 is 1.89 bits per heavy atom. The van der Waals surface area contributed by atoms with E-state index in [9.17, 15) is 9.90 Å². The Labute approximate surface area is 117 Å². The van der Waals surface area contributed by atoms with E-state index in [2.05, 4.69) is 0 Å². The fourth-order valence-electron chi connectivity index (χ4n) is 2.30. The van der Waals surface area contributed by atoms with Crippen molar-refractivity contribution in [2.24, 2.45) is 0 Å². The van der Waals surface area contributed by atoms with Crippen LogP contribution in [0, 0.1) is 0 Å². The summed E-state index contributed by atoms with van der Waals surface area (Å²) in [5.41, 5.74) is 0. The van der Waals surface area contributed by atoms with Crippen LogP contribution in [0.15, 0.2) is 0 Å². The van der Waals surface area contributed by atoms with Crippen molar-refractivity contribution in [3.05, 3.63) is 0 Å². The maximum atomic E-state index is 10.9. The molecule has 0 amide bonds. The van der Waals surface area contributed by atoms with Crippen LogP contribution in [0.5, 0.6) is 0 Å². The predicted molar refractivity (Wildman–Crippen MR) is 72.3 cm³/mol. The van der Waals surface area contributed by atoms with Gasteiger partial charge in [-0.05, 0) is 13.8 Å². The molecule has 0 saturated carbocycles. The van der Waals surface area contributed by atoms with Crippen LogP contribution in [0.25, 0.3) is 0 Å². The van der Waals surface area contributed by atoms with E-state index < -0.39 is 14.8 Å². The quantitative estimate of drug-likeness (QED) is 0.392. The van der Waals surface area contributed by atoms with Crippen molar-refractivity contribution in [2.75, 3.05) is 47.5 Å². The molecule has 0 aliphatic rings. The molecule has 6 nitrogen and oxygen atoms in total. The van der Waals surface area contributed by atoms with Gasteiger partial charge in [0.15, 0.2) is 0 Å². The zero-order valence-corrected chi connectivity index (χ0v) is 13.7. The highest BCUT2D eigenvalue weighted by Crippen LogP contribution is 2.17. The molecular weight excluding hydrogens is 266 g/mol. The minimum absolute atomic E-state index is 0.0501. The molecule has 0 N–H and O–H groups in total. The number of likely N-dealkylation sites (N-methyl/N-ethyl adjacent to an activating group) is 1. The lowest BCUT2D eigenvalue weighted by molar-refractivity contribution is -0.919. The summed E-state index contributed by atoms with van der Waals surface area (Å²) in [6.45, 7) is 6.35. The first kappa shape index (κ1) is 18.5. The summed E-state index contributed by atoms with van der Waals surface area (Å²) >= 11 is 0. The van der Waals surface area contributed by atoms with E-state index in [0.717, 1.165) is 26.1 Å². The fraction of sp³-hybridized carbons (Fsp3) is 0.917. The number of hydrogen-bond acceptors (Lipinski definition) is 5. The molecule has 0 aliphatic carbocycles. The third-order valence-electron chi connectivity index (χ3n) is 3.85. The summed E-state index contributed by atoms with van der Waals surface area (Å²) in [6, 6.07) is 0.684. The molecule has 19 heavy (non-hydrogen) atoms. The number of carboxylic acids is 1. The van der Waals surface area contributed by atoms with E-state index in [1.54, 1.807) is 21.3 Å². The number of rotatable bonds is 11. The lowest BCUT2D eigenvalue weighted by atomic mass is 10.3. The summed E-state index contributed by atoms with van der Waals surface area (Å²) in [7, 11) is 2.20. The van der Waals surface area contributed by atoms with Crippen LogP contribution in [0.4, 0.5) is 0 Å². The highest BCUT2D eigenvalue weighted by molar-refractivity contribution is 6.60. The molecule has 0 saturated heterocycles. The van der Waals surface area contributed by atoms with Crippen molar-refractivity contribution in [3.63, 3.8) is 0 Å². The Balaban J connectivity index is 4.52. The van der Waals surface area contributed by atoms with Crippen molar-refractivity contribution >= 4 is 14.8 Å². The summed E-state index contributed by atoms with van der Waals surface area (Å²) < 4.78 is 16.6. The molecule has 0 aromatic heterocycles. The third-order valence-corrected chi connectivity index (χ3v) is 6.69. The molecule has 0 aromatic carbocycles. The van der Waals surface area contributed by atoms with E-state index in [0.29, 0.717) is 10.5 Å². The first-order chi connectivity index (χ1) is 8.93. The van der Waals surface area contributed by atoms with Gasteiger partial charge >= 0.3 is 8.80 Å². The molecule has 7 heteroatoms. The van der Waals surface area contributed by atoms with Gasteiger partial charge in [0, 0.05) is 33.8 Å². The van der Waals surface area contributed by atoms with Crippen LogP contribution in [-0.4, -0.2) is 66.8 Å². The molecule has 0 spiro atoms. The Kier molecular flexibility index (Phi) is 8.43. The van der Waals surface area contributed by atoms with Crippen LogP contribution >= 0.6 is 0 Å². The first-order valence-corrected chi connectivity index (χ1v) is 8.56. The summed E-state index contributed by atoms with van der Waals surface area (Å²) in [5, 5.41) is 10.9. The molecular formula is C12H27NO5Si. The van der Waals surface area contributed by atoms with Gasteiger partial charge in [0.2, 0.25) is 0 Å². The Morgan fingerprint density at radius 1 is 1.11 bits per heavy atom. The van der Waals surface area contributed by atoms with Crippen molar-refractivity contribution in [2.45, 2.75) is 26.3 Å². The lowest BCUT2D eigenvalue weighted by Crippen LogP contribution is -2.55. The maximum absolute atomic E-state index is 10.9. The summed E-state index contributed by atoms with van der Waals surface area (Å²) in [4.78, 5) is 10.9. The van der Waals surface area contributed by atoms with E-state index in [4.69, 9.17) is 13.3 Å². The van der Waals surface area contributed by atoms with Gasteiger partial charge in [-0.2, -0.15) is 0 Å². The first-order valence-electron chi connectivity index (χ1n) is 6.63. The molecule has 0 aromatic rings. The second-order valence-corrected chi connectivity index (χ2v) is 7.72. The standard InChI is InChI=1S/C12H27NO5Si/c1-6-13(7-2,11-12(14)15)9-8-10-19(16-3,17-4)18-5/h6-11H2,1-5H3. The molecule has 0 unspecified atom stereocenters. The second kappa shape index (κ2) is 8.65. The highest BCUT2D eigenvalue weighted by atomic mass is 28.4. The van der Waals surface area contributed by atoms with Crippen LogP contribution in [0.2, 0.25) is 6.04 Å². The molecule has 0 atom stereocenters. The molecule has 0 aliphatic heterocycles. The smallest absolute Gasteiger partial charge is 0.500 e. The highest BCUT2D eigenvalue weighted by Gasteiger charge is 2.38. The SMILES string of the molecule is CC[N+](CC)(CCC[Si](OC)(OC)OC)CC(=O)[O-]. The van der Waals surface area contributed by atoms with Gasteiger partial charge in [-0.15, -0.1) is 0 Å². The number of quaternary nitrogens is 1. The Morgan fingerprint density at radius 2 is 1.58 bits per heavy atom. The van der Waals surface area contributed by atoms with Crippen molar-refractivity contribution in [1.29, 1.82) is 0 Å². The number of hydrogen-bond donors (Lipinski definition) is 0. The van der Waals surface area contributed by atoms with Gasteiger partial charge < -0.3 is 27.7 Å². The van der Waals surface area contributed by atoms with Crippen LogP contribution in [0.3, 0.4) is 0 Å². The molecule has 0 fully saturated rings. The van der Waals surface area contributed by atoms with E-state index in [1.807, 2.05) is 13.8 Å². The molecule has 114 valence electrons. The molecule has 0 heterocycles. The zero-order valence-electron chi connectivity index (χ0n) is 12.7. The number of carboxylic acid groups (broad SMARTS) is 1. The van der Waals surface area contributed by atoms with E-state index >= 15 is 0 Å². The zero-order chi connectivity index (χ0) is 14.9. The van der Waals surface area contributed by atoms with Crippen molar-refractivity contribution in [1.82, 2.24) is 0 Å². The lowest BCUT2D eigenvalue weighted by Gasteiger charge is -2.37. The third kappa shape index (κ3) is 5.58. The van der Waals surface area contributed by atoms with Crippen LogP contribution in [0.1, 0.15) is 20.3 Å². The number of carbonyl (C=O) groups excluding carboxylic acids is 1. The normalized spacial score (nSPS) is 12.7. The van der Waals surface area contributed by atoms with Crippen molar-refractivity contribution in [3.8, 4) is 0 Å². The topological polar surface area (TPSA) is 67.8 Å². The Bertz CT molecular complexity index is 259. The second-order valence-electron chi connectivity index (χ2n) is 4.63. The molecule has 0 bridgehead atoms. The van der Waals surface area contributed by atoms with Crippen molar-refractivity contribution < 1.29 is 27.7 Å². The largest absolute Gasteiger partial charge is 0.544 e. The minimum Gasteiger partial charge on any atom is -0.544 e. The van der Waals surface area contributed by atoms with E-state index in [1.165, 1.54) is 0 Å². The fourth-order valence-corrected chi connectivity index (χ4v) is 4.01. The van der Waals surface area contributed by atoms with Gasteiger partial charge in [-0.25, -0.2) is 0 Å². The predicted octanol–water partition coefficient (Wildman–Crippen LogP) is -0.139. The average Bonchev–Trinajstić information content (AvgIpc) is 2.42. The minimum atomic E-state index is -2.56. The molecule has 0 radical (unpaired) electrons. The number of carbonyl (C=O) groups is 1. The summed E-state index contributed by atoms with van der Waals surface area (Å²) in [6.07, 6.45) is 0.802. The van der Waals surface area contributed by atoms with Gasteiger partial charge in [0.05, 0.1) is 25.6 Å². The van der Waals surface area contributed by atoms with Gasteiger partial charge in [-0.1, -0.05) is 0 Å². The number of nitrogens with zero attached hydrogens (tertiary/aromatic N) is 1. The van der Waals surface area contributed by atoms with Crippen LogP contribution < -0.4 is 5.11 Å². The Hall–Kier alpha value is -0.473. The molecule has 0 rings (SSSR count). The van der Waals surface area contributed by atoms with Gasteiger partial charge in [0.25, 0.3) is 0 Å². The summed E-state index contributed by atoms with van der Waals surface area (Å²) in [5.74, 6) is -1.00. The van der Waals surface area contributed by atoms with E-state index in [-0.39, 0.29) is 6.54 Å². The monoisotopic (exact) mass is 293 g/mol. The van der Waals surface area contributed by atoms with Gasteiger partial charge in [-0.3, -0.25) is 0 Å². The average molecular weight is 293 g/mol. The van der Waals surface area contributed by atoms with Gasteiger partial charge in [0.1, 0.15) is 6.54 Å². The maximum Gasteiger partial charge on any atom is 0.500 e. The number of aliphatic carboxylic acids is 1. The van der Waals surface area contributed by atoms with Crippen LogP contribution in [-0.2, 0) is 18.1 Å².